The molecule has 130 valence electrons. The summed E-state index contributed by atoms with van der Waals surface area (Å²) in [5, 5.41) is 12.2. The summed E-state index contributed by atoms with van der Waals surface area (Å²) in [5.41, 5.74) is 0.269. The van der Waals surface area contributed by atoms with Crippen LogP contribution in [0.15, 0.2) is 51.7 Å². The summed E-state index contributed by atoms with van der Waals surface area (Å²) in [5.74, 6) is -3.11. The number of nitrogens with one attached hydrogen (secondary N) is 1. The zero-order valence-electron chi connectivity index (χ0n) is 12.9. The van der Waals surface area contributed by atoms with Crippen molar-refractivity contribution in [3.05, 3.63) is 70.2 Å². The number of halogens is 2. The Morgan fingerprint density at radius 1 is 1.16 bits per heavy atom. The molecule has 8 heteroatoms. The number of nitrogens with zero attached hydrogens (tertiary/aromatic N) is 1. The third-order valence-electron chi connectivity index (χ3n) is 3.70. The van der Waals surface area contributed by atoms with Gasteiger partial charge in [0.2, 0.25) is 5.91 Å². The molecule has 1 amide bonds. The van der Waals surface area contributed by atoms with E-state index in [9.17, 15) is 23.5 Å². The first-order valence-corrected chi connectivity index (χ1v) is 7.44. The van der Waals surface area contributed by atoms with Crippen molar-refractivity contribution in [3.8, 4) is 0 Å². The molecule has 2 aromatic carbocycles. The molecule has 0 spiro atoms. The van der Waals surface area contributed by atoms with Crippen LogP contribution in [0.5, 0.6) is 0 Å². The molecule has 1 heterocycles. The molecule has 0 aliphatic carbocycles. The van der Waals surface area contributed by atoms with Gasteiger partial charge in [-0.1, -0.05) is 18.2 Å². The van der Waals surface area contributed by atoms with Crippen molar-refractivity contribution in [1.82, 2.24) is 9.88 Å². The topological polar surface area (TPSA) is 84.5 Å². The van der Waals surface area contributed by atoms with Crippen molar-refractivity contribution >= 4 is 17.0 Å². The van der Waals surface area contributed by atoms with Gasteiger partial charge in [-0.05, 0) is 24.3 Å². The number of fused-ring (bicyclic) bond motifs is 1. The molecule has 25 heavy (non-hydrogen) atoms. The normalized spacial score (nSPS) is 12.3. The van der Waals surface area contributed by atoms with Gasteiger partial charge in [0.1, 0.15) is 24.3 Å². The van der Waals surface area contributed by atoms with Gasteiger partial charge in [0.25, 0.3) is 0 Å². The molecule has 3 rings (SSSR count). The van der Waals surface area contributed by atoms with Gasteiger partial charge in [0.15, 0.2) is 5.58 Å². The molecule has 0 radical (unpaired) electrons. The van der Waals surface area contributed by atoms with Crippen LogP contribution in [0.4, 0.5) is 8.78 Å². The van der Waals surface area contributed by atoms with E-state index < -0.39 is 41.5 Å². The average molecular weight is 348 g/mol. The lowest BCUT2D eigenvalue weighted by Gasteiger charge is -2.14. The first-order valence-electron chi connectivity index (χ1n) is 7.44. The second-order valence-electron chi connectivity index (χ2n) is 5.38. The zero-order valence-corrected chi connectivity index (χ0v) is 12.9. The van der Waals surface area contributed by atoms with Crippen LogP contribution < -0.4 is 11.1 Å². The van der Waals surface area contributed by atoms with Gasteiger partial charge >= 0.3 is 5.76 Å². The van der Waals surface area contributed by atoms with Crippen LogP contribution in [0.2, 0.25) is 0 Å². The predicted molar refractivity (Wildman–Crippen MR) is 84.8 cm³/mol. The number of aliphatic hydroxyl groups excluding tert-OH is 1. The Kier molecular flexibility index (Phi) is 4.62. The standard InChI is InChI=1S/C17H14F2N2O4/c18-10-4-3-5-11(19)16(10)13(22)8-20-15(23)9-21-12-6-1-2-7-14(12)25-17(21)24/h1-7,13,22H,8-9H2,(H,20,23). The van der Waals surface area contributed by atoms with Gasteiger partial charge in [-0.3, -0.25) is 9.36 Å². The number of hydrogen-bond donors (Lipinski definition) is 2. The van der Waals surface area contributed by atoms with E-state index in [0.717, 1.165) is 16.7 Å². The van der Waals surface area contributed by atoms with Crippen LogP contribution in [-0.2, 0) is 11.3 Å². The smallest absolute Gasteiger partial charge is 0.408 e. The number of oxazole rings is 1. The highest BCUT2D eigenvalue weighted by Crippen LogP contribution is 2.20. The van der Waals surface area contributed by atoms with Gasteiger partial charge in [0, 0.05) is 6.54 Å². The van der Waals surface area contributed by atoms with Gasteiger partial charge in [-0.15, -0.1) is 0 Å². The van der Waals surface area contributed by atoms with E-state index in [-0.39, 0.29) is 6.54 Å². The van der Waals surface area contributed by atoms with Crippen molar-refractivity contribution in [1.29, 1.82) is 0 Å². The van der Waals surface area contributed by atoms with Crippen LogP contribution in [0.1, 0.15) is 11.7 Å². The third-order valence-corrected chi connectivity index (χ3v) is 3.70. The van der Waals surface area contributed by atoms with Gasteiger partial charge < -0.3 is 14.8 Å². The highest BCUT2D eigenvalue weighted by atomic mass is 19.1. The maximum Gasteiger partial charge on any atom is 0.420 e. The quantitative estimate of drug-likeness (QED) is 0.735. The number of carbonyl (C=O) groups excluding carboxylic acids is 1. The number of carbonyl (C=O) groups is 1. The molecule has 0 saturated heterocycles. The van der Waals surface area contributed by atoms with Gasteiger partial charge in [-0.25, -0.2) is 13.6 Å². The van der Waals surface area contributed by atoms with E-state index in [2.05, 4.69) is 5.32 Å². The number of rotatable bonds is 5. The van der Waals surface area contributed by atoms with Gasteiger partial charge in [0.05, 0.1) is 11.1 Å². The van der Waals surface area contributed by atoms with E-state index >= 15 is 0 Å². The highest BCUT2D eigenvalue weighted by Gasteiger charge is 2.19. The maximum atomic E-state index is 13.6. The Balaban J connectivity index is 1.69. The number of aromatic nitrogens is 1. The minimum absolute atomic E-state index is 0.341. The minimum atomic E-state index is -1.55. The molecule has 0 saturated carbocycles. The van der Waals surface area contributed by atoms with Crippen molar-refractivity contribution in [2.75, 3.05) is 6.54 Å². The summed E-state index contributed by atoms with van der Waals surface area (Å²) in [6.45, 7) is -0.746. The molecule has 1 aromatic heterocycles. The third kappa shape index (κ3) is 3.43. The molecular weight excluding hydrogens is 334 g/mol. The fourth-order valence-electron chi connectivity index (χ4n) is 2.50. The Hall–Kier alpha value is -3.00. The van der Waals surface area contributed by atoms with Crippen LogP contribution in [0.3, 0.4) is 0 Å². The van der Waals surface area contributed by atoms with Gasteiger partial charge in [-0.2, -0.15) is 0 Å². The van der Waals surface area contributed by atoms with E-state index in [0.29, 0.717) is 11.1 Å². The molecule has 0 bridgehead atoms. The van der Waals surface area contributed by atoms with E-state index in [1.54, 1.807) is 24.3 Å². The van der Waals surface area contributed by atoms with Crippen molar-refractivity contribution in [2.24, 2.45) is 0 Å². The highest BCUT2D eigenvalue weighted by molar-refractivity contribution is 5.79. The SMILES string of the molecule is O=C(Cn1c(=O)oc2ccccc21)NCC(O)c1c(F)cccc1F. The van der Waals surface area contributed by atoms with Crippen LogP contribution >= 0.6 is 0 Å². The number of aliphatic hydroxyl groups is 1. The summed E-state index contributed by atoms with van der Waals surface area (Å²) in [6, 6.07) is 9.80. The predicted octanol–water partition coefficient (Wildman–Crippen LogP) is 1.72. The number of para-hydroxylation sites is 2. The molecule has 0 aliphatic heterocycles. The summed E-state index contributed by atoms with van der Waals surface area (Å²) in [7, 11) is 0. The first-order chi connectivity index (χ1) is 12.0. The lowest BCUT2D eigenvalue weighted by molar-refractivity contribution is -0.122. The monoisotopic (exact) mass is 348 g/mol. The van der Waals surface area contributed by atoms with Crippen molar-refractivity contribution in [3.63, 3.8) is 0 Å². The Labute approximate surface area is 140 Å². The fourth-order valence-corrected chi connectivity index (χ4v) is 2.50. The molecule has 1 unspecified atom stereocenters. The Morgan fingerprint density at radius 3 is 2.56 bits per heavy atom. The Bertz CT molecular complexity index is 960. The summed E-state index contributed by atoms with van der Waals surface area (Å²) >= 11 is 0. The lowest BCUT2D eigenvalue weighted by Crippen LogP contribution is -2.34. The second-order valence-corrected chi connectivity index (χ2v) is 5.38. The lowest BCUT2D eigenvalue weighted by atomic mass is 10.1. The molecule has 1 atom stereocenters. The maximum absolute atomic E-state index is 13.6. The van der Waals surface area contributed by atoms with Crippen LogP contribution in [0, 0.1) is 11.6 Å². The molecular formula is C17H14F2N2O4. The molecule has 3 aromatic rings. The van der Waals surface area contributed by atoms with Crippen molar-refractivity contribution in [2.45, 2.75) is 12.6 Å². The summed E-state index contributed by atoms with van der Waals surface area (Å²) < 4.78 is 33.3. The number of amides is 1. The number of benzene rings is 2. The molecule has 0 fully saturated rings. The minimum Gasteiger partial charge on any atom is -0.408 e. The zero-order chi connectivity index (χ0) is 18.0. The van der Waals surface area contributed by atoms with E-state index in [4.69, 9.17) is 4.42 Å². The van der Waals surface area contributed by atoms with Crippen LogP contribution in [-0.4, -0.2) is 22.1 Å². The van der Waals surface area contributed by atoms with Crippen molar-refractivity contribution < 1.29 is 23.1 Å². The van der Waals surface area contributed by atoms with Crippen LogP contribution in [0.25, 0.3) is 11.1 Å². The molecule has 0 aliphatic rings. The van der Waals surface area contributed by atoms with E-state index in [1.165, 1.54) is 6.07 Å². The Morgan fingerprint density at radius 2 is 1.84 bits per heavy atom. The van der Waals surface area contributed by atoms with E-state index in [1.807, 2.05) is 0 Å². The first kappa shape index (κ1) is 16.8. The fraction of sp³-hybridized carbons (Fsp3) is 0.176. The largest absolute Gasteiger partial charge is 0.420 e. The molecule has 2 N–H and O–H groups in total. The molecule has 6 nitrogen and oxygen atoms in total. The summed E-state index contributed by atoms with van der Waals surface area (Å²) in [4.78, 5) is 23.8. The summed E-state index contributed by atoms with van der Waals surface area (Å²) in [6.07, 6.45) is -1.55. The number of hydrogen-bond acceptors (Lipinski definition) is 4. The second kappa shape index (κ2) is 6.86. The average Bonchev–Trinajstić information content (AvgIpc) is 2.88.